The number of rotatable bonds is 5. The van der Waals surface area contributed by atoms with Crippen LogP contribution in [-0.2, 0) is 0 Å². The van der Waals surface area contributed by atoms with Crippen molar-refractivity contribution < 1.29 is 0 Å². The summed E-state index contributed by atoms with van der Waals surface area (Å²) in [6, 6.07) is 2.78. The Labute approximate surface area is 108 Å². The van der Waals surface area contributed by atoms with Gasteiger partial charge in [-0.2, -0.15) is 9.90 Å². The first-order valence-corrected chi connectivity index (χ1v) is 8.61. The summed E-state index contributed by atoms with van der Waals surface area (Å²) in [6.07, 6.45) is 1.08. The van der Waals surface area contributed by atoms with E-state index >= 15 is 0 Å². The molecule has 0 fully saturated rings. The zero-order valence-corrected chi connectivity index (χ0v) is 14.7. The molecule has 0 rings (SSSR count). The molecule has 0 aromatic carbocycles. The second-order valence-corrected chi connectivity index (χ2v) is 8.50. The highest BCUT2D eigenvalue weighted by Crippen LogP contribution is 2.13. The average molecular weight is 258 g/mol. The number of hydrogen-bond acceptors (Lipinski definition) is 0. The molecule has 0 radical (unpaired) electrons. The van der Waals surface area contributed by atoms with Crippen molar-refractivity contribution in [1.29, 1.82) is 0 Å². The molecular formula is C14H31PSi. The molecule has 96 valence electrons. The maximum atomic E-state index is 3.60. The molecule has 0 aliphatic rings. The fourth-order valence-electron chi connectivity index (χ4n) is 1.76. The van der Waals surface area contributed by atoms with Crippen molar-refractivity contribution in [3.05, 3.63) is 0 Å². The van der Waals surface area contributed by atoms with Crippen LogP contribution in [0.1, 0.15) is 48.0 Å². The Bertz CT molecular complexity index is 201. The molecule has 0 saturated heterocycles. The van der Waals surface area contributed by atoms with Crippen molar-refractivity contribution in [2.24, 2.45) is 17.8 Å². The Morgan fingerprint density at radius 1 is 0.812 bits per heavy atom. The largest absolute Gasteiger partial charge is 0.153 e. The molecule has 0 bridgehead atoms. The second-order valence-electron chi connectivity index (χ2n) is 5.88. The molecule has 0 amide bonds. The molecule has 0 spiro atoms. The Morgan fingerprint density at radius 3 is 1.56 bits per heavy atom. The predicted octanol–water partition coefficient (Wildman–Crippen LogP) is 4.17. The van der Waals surface area contributed by atoms with Gasteiger partial charge >= 0.3 is 0 Å². The molecule has 0 nitrogen and oxygen atoms in total. The Balaban J connectivity index is 0. The summed E-state index contributed by atoms with van der Waals surface area (Å²) in [4.78, 5) is 0. The monoisotopic (exact) mass is 258 g/mol. The van der Waals surface area contributed by atoms with E-state index in [2.05, 4.69) is 53.0 Å². The van der Waals surface area contributed by atoms with Crippen LogP contribution in [-0.4, -0.2) is 8.80 Å². The predicted molar refractivity (Wildman–Crippen MR) is 84.8 cm³/mol. The minimum atomic E-state index is -0.770. The van der Waals surface area contributed by atoms with Gasteiger partial charge < -0.3 is 0 Å². The third-order valence-electron chi connectivity index (χ3n) is 2.33. The van der Waals surface area contributed by atoms with Gasteiger partial charge in [0.1, 0.15) is 8.80 Å². The minimum Gasteiger partial charge on any atom is -0.153 e. The maximum absolute atomic E-state index is 3.60. The Morgan fingerprint density at radius 2 is 1.25 bits per heavy atom. The van der Waals surface area contributed by atoms with Crippen molar-refractivity contribution in [2.75, 3.05) is 0 Å². The molecule has 1 atom stereocenters. The zero-order valence-electron chi connectivity index (χ0n) is 12.1. The molecule has 0 saturated carbocycles. The normalized spacial score (nSPS) is 10.6. The summed E-state index contributed by atoms with van der Waals surface area (Å²) < 4.78 is 0. The van der Waals surface area contributed by atoms with E-state index in [0.717, 1.165) is 24.2 Å². The van der Waals surface area contributed by atoms with E-state index in [4.69, 9.17) is 0 Å². The van der Waals surface area contributed by atoms with Gasteiger partial charge in [-0.25, -0.2) is 0 Å². The van der Waals surface area contributed by atoms with Crippen molar-refractivity contribution in [1.82, 2.24) is 0 Å². The topological polar surface area (TPSA) is 0 Å². The van der Waals surface area contributed by atoms with E-state index in [1.165, 1.54) is 12.1 Å². The summed E-state index contributed by atoms with van der Waals surface area (Å²) in [5, 5.41) is 0. The highest BCUT2D eigenvalue weighted by molar-refractivity contribution is 6.92. The smallest absolute Gasteiger partial charge is 0.123 e. The maximum Gasteiger partial charge on any atom is 0.123 e. The van der Waals surface area contributed by atoms with E-state index in [1.54, 1.807) is 0 Å². The van der Waals surface area contributed by atoms with Gasteiger partial charge in [0.15, 0.2) is 0 Å². The Kier molecular flexibility index (Phi) is 12.0. The second kappa shape index (κ2) is 10.4. The van der Waals surface area contributed by atoms with Crippen molar-refractivity contribution >= 4 is 18.7 Å². The van der Waals surface area contributed by atoms with Crippen LogP contribution in [0.25, 0.3) is 0 Å². The molecule has 2 heteroatoms. The van der Waals surface area contributed by atoms with Crippen LogP contribution in [0.15, 0.2) is 0 Å². The van der Waals surface area contributed by atoms with E-state index in [-0.39, 0.29) is 9.90 Å². The van der Waals surface area contributed by atoms with E-state index in [9.17, 15) is 0 Å². The average Bonchev–Trinajstić information content (AvgIpc) is 2.00. The quantitative estimate of drug-likeness (QED) is 0.394. The Hall–Kier alpha value is 0.207. The lowest BCUT2D eigenvalue weighted by Crippen LogP contribution is -2.15. The lowest BCUT2D eigenvalue weighted by molar-refractivity contribution is 0.675. The van der Waals surface area contributed by atoms with Crippen molar-refractivity contribution in [3.8, 4) is 11.5 Å². The van der Waals surface area contributed by atoms with E-state index < -0.39 is 8.80 Å². The van der Waals surface area contributed by atoms with Crippen molar-refractivity contribution in [3.63, 3.8) is 0 Å². The lowest BCUT2D eigenvalue weighted by Gasteiger charge is -2.13. The molecule has 0 aliphatic heterocycles. The van der Waals surface area contributed by atoms with Crippen LogP contribution in [0.5, 0.6) is 0 Å². The molecule has 0 heterocycles. The third-order valence-corrected chi connectivity index (χ3v) is 5.96. The third kappa shape index (κ3) is 12.3. The highest BCUT2D eigenvalue weighted by atomic mass is 31.0. The van der Waals surface area contributed by atoms with Crippen LogP contribution in [0.4, 0.5) is 0 Å². The standard InChI is InChI=1S/C14H28Si.H3P/c1-12(2)8-7-9-15(10-13(3)4)11-14(5)6;/h12-15H,8,10-11H2,1-6H3;1H3. The minimum absolute atomic E-state index is 0. The summed E-state index contributed by atoms with van der Waals surface area (Å²) in [6.45, 7) is 13.8. The molecule has 0 aliphatic carbocycles. The molecule has 0 aromatic rings. The first kappa shape index (κ1) is 18.6. The first-order valence-electron chi connectivity index (χ1n) is 6.40. The lowest BCUT2D eigenvalue weighted by atomic mass is 10.1. The van der Waals surface area contributed by atoms with Gasteiger partial charge in [-0.15, -0.1) is 11.5 Å². The van der Waals surface area contributed by atoms with Crippen LogP contribution in [0, 0.1) is 29.2 Å². The van der Waals surface area contributed by atoms with E-state index in [0.29, 0.717) is 0 Å². The van der Waals surface area contributed by atoms with Gasteiger partial charge in [-0.3, -0.25) is 0 Å². The van der Waals surface area contributed by atoms with Crippen molar-refractivity contribution in [2.45, 2.75) is 60.1 Å². The van der Waals surface area contributed by atoms with Gasteiger partial charge in [-0.05, 0) is 29.8 Å². The molecule has 0 aromatic heterocycles. The SMILES string of the molecule is CC(C)CC#C[SiH](CC(C)C)CC(C)C.P. The first-order chi connectivity index (χ1) is 6.91. The van der Waals surface area contributed by atoms with E-state index in [1.807, 2.05) is 0 Å². The number of hydrogen-bond donors (Lipinski definition) is 0. The fraction of sp³-hybridized carbons (Fsp3) is 0.857. The van der Waals surface area contributed by atoms with Gasteiger partial charge in [-0.1, -0.05) is 41.5 Å². The summed E-state index contributed by atoms with van der Waals surface area (Å²) in [5.41, 5.74) is 3.60. The molecule has 16 heavy (non-hydrogen) atoms. The van der Waals surface area contributed by atoms with Gasteiger partial charge in [0, 0.05) is 6.42 Å². The summed E-state index contributed by atoms with van der Waals surface area (Å²) in [5.74, 6) is 5.79. The molecule has 1 unspecified atom stereocenters. The molecule has 0 N–H and O–H groups in total. The summed E-state index contributed by atoms with van der Waals surface area (Å²) in [7, 11) is -0.770. The van der Waals surface area contributed by atoms with Gasteiger partial charge in [0.2, 0.25) is 0 Å². The zero-order chi connectivity index (χ0) is 11.8. The fourth-order valence-corrected chi connectivity index (χ4v) is 4.87. The van der Waals surface area contributed by atoms with Crippen LogP contribution in [0.3, 0.4) is 0 Å². The van der Waals surface area contributed by atoms with Gasteiger partial charge in [0.05, 0.1) is 0 Å². The van der Waals surface area contributed by atoms with Gasteiger partial charge in [0.25, 0.3) is 0 Å². The van der Waals surface area contributed by atoms with Crippen LogP contribution >= 0.6 is 9.90 Å². The summed E-state index contributed by atoms with van der Waals surface area (Å²) >= 11 is 0. The van der Waals surface area contributed by atoms with Crippen LogP contribution < -0.4 is 0 Å². The highest BCUT2D eigenvalue weighted by Gasteiger charge is 2.11. The van der Waals surface area contributed by atoms with Crippen LogP contribution in [0.2, 0.25) is 12.1 Å². The molecular weight excluding hydrogens is 227 g/mol.